The van der Waals surface area contributed by atoms with Gasteiger partial charge in [0, 0.05) is 13.1 Å². The van der Waals surface area contributed by atoms with E-state index in [0.717, 1.165) is 38.6 Å². The number of nitrogens with zero attached hydrogens (tertiary/aromatic N) is 2. The number of nitrogens with one attached hydrogen (secondary N) is 1. The lowest BCUT2D eigenvalue weighted by Crippen LogP contribution is -2.48. The first kappa shape index (κ1) is 11.8. The number of urea groups is 1. The van der Waals surface area contributed by atoms with Crippen LogP contribution in [-0.4, -0.2) is 30.1 Å². The summed E-state index contributed by atoms with van der Waals surface area (Å²) in [6.45, 7) is 3.52. The minimum Gasteiger partial charge on any atom is -0.338 e. The number of piperidine rings is 1. The lowest BCUT2D eigenvalue weighted by atomic mass is 10.0. The fourth-order valence-corrected chi connectivity index (χ4v) is 1.78. The van der Waals surface area contributed by atoms with Gasteiger partial charge in [0.15, 0.2) is 0 Å². The summed E-state index contributed by atoms with van der Waals surface area (Å²) in [6, 6.07) is 1.89. The Kier molecular flexibility index (Phi) is 4.96. The first-order valence-corrected chi connectivity index (χ1v) is 5.73. The molecule has 0 radical (unpaired) electrons. The molecule has 15 heavy (non-hydrogen) atoms. The summed E-state index contributed by atoms with van der Waals surface area (Å²) in [5, 5.41) is 11.8. The fraction of sp³-hybridized carbons (Fsp3) is 0.818. The van der Waals surface area contributed by atoms with Gasteiger partial charge < -0.3 is 10.2 Å². The van der Waals surface area contributed by atoms with Gasteiger partial charge in [0.25, 0.3) is 0 Å². The van der Waals surface area contributed by atoms with Crippen molar-refractivity contribution in [3.05, 3.63) is 0 Å². The Morgan fingerprint density at radius 2 is 2.40 bits per heavy atom. The molecule has 1 aliphatic heterocycles. The highest BCUT2D eigenvalue weighted by Crippen LogP contribution is 2.16. The maximum absolute atomic E-state index is 11.7. The molecule has 1 aliphatic rings. The average Bonchev–Trinajstić information content (AvgIpc) is 2.29. The van der Waals surface area contributed by atoms with Crippen molar-refractivity contribution in [1.29, 1.82) is 5.26 Å². The second kappa shape index (κ2) is 6.28. The van der Waals surface area contributed by atoms with Gasteiger partial charge in [0.2, 0.25) is 0 Å². The molecule has 1 fully saturated rings. The van der Waals surface area contributed by atoms with Gasteiger partial charge in [0.1, 0.15) is 6.04 Å². The van der Waals surface area contributed by atoms with Crippen molar-refractivity contribution in [1.82, 2.24) is 10.2 Å². The molecule has 0 bridgehead atoms. The molecule has 0 aromatic carbocycles. The van der Waals surface area contributed by atoms with E-state index in [9.17, 15) is 4.79 Å². The van der Waals surface area contributed by atoms with Crippen molar-refractivity contribution >= 4 is 6.03 Å². The van der Waals surface area contributed by atoms with E-state index >= 15 is 0 Å². The monoisotopic (exact) mass is 209 g/mol. The molecule has 1 saturated heterocycles. The highest BCUT2D eigenvalue weighted by Gasteiger charge is 2.25. The molecule has 4 heteroatoms. The second-order valence-corrected chi connectivity index (χ2v) is 3.92. The molecule has 1 unspecified atom stereocenters. The van der Waals surface area contributed by atoms with Crippen LogP contribution in [0.25, 0.3) is 0 Å². The normalized spacial score (nSPS) is 20.8. The number of hydrogen-bond donors (Lipinski definition) is 1. The molecular weight excluding hydrogens is 190 g/mol. The van der Waals surface area contributed by atoms with E-state index < -0.39 is 0 Å². The van der Waals surface area contributed by atoms with E-state index in [2.05, 4.69) is 18.3 Å². The molecule has 1 N–H and O–H groups in total. The lowest BCUT2D eigenvalue weighted by molar-refractivity contribution is 0.169. The van der Waals surface area contributed by atoms with E-state index in [0.29, 0.717) is 6.54 Å². The maximum atomic E-state index is 11.7. The van der Waals surface area contributed by atoms with Crippen LogP contribution >= 0.6 is 0 Å². The molecule has 84 valence electrons. The minimum atomic E-state index is -0.222. The van der Waals surface area contributed by atoms with Crippen molar-refractivity contribution in [2.24, 2.45) is 0 Å². The molecule has 1 atom stereocenters. The number of hydrogen-bond acceptors (Lipinski definition) is 2. The number of unbranched alkanes of at least 4 members (excludes halogenated alkanes) is 1. The summed E-state index contributed by atoms with van der Waals surface area (Å²) >= 11 is 0. The first-order chi connectivity index (χ1) is 7.29. The fourth-order valence-electron chi connectivity index (χ4n) is 1.78. The van der Waals surface area contributed by atoms with Gasteiger partial charge in [-0.2, -0.15) is 5.26 Å². The number of carbonyl (C=O) groups excluding carboxylic acids is 1. The van der Waals surface area contributed by atoms with Crippen LogP contribution < -0.4 is 5.32 Å². The van der Waals surface area contributed by atoms with Gasteiger partial charge in [-0.3, -0.25) is 0 Å². The third-order valence-corrected chi connectivity index (χ3v) is 2.72. The van der Waals surface area contributed by atoms with Crippen LogP contribution in [0.2, 0.25) is 0 Å². The molecule has 0 spiro atoms. The molecule has 0 aromatic heterocycles. The number of likely N-dealkylation sites (tertiary alicyclic amines) is 1. The zero-order chi connectivity index (χ0) is 11.1. The van der Waals surface area contributed by atoms with Crippen LogP contribution in [0.1, 0.15) is 39.0 Å². The van der Waals surface area contributed by atoms with Crippen molar-refractivity contribution in [2.45, 2.75) is 45.1 Å². The van der Waals surface area contributed by atoms with Gasteiger partial charge in [-0.1, -0.05) is 13.3 Å². The Morgan fingerprint density at radius 1 is 1.60 bits per heavy atom. The molecule has 4 nitrogen and oxygen atoms in total. The third-order valence-electron chi connectivity index (χ3n) is 2.72. The van der Waals surface area contributed by atoms with Gasteiger partial charge in [-0.25, -0.2) is 4.79 Å². The zero-order valence-corrected chi connectivity index (χ0v) is 9.33. The number of rotatable bonds is 3. The predicted molar refractivity (Wildman–Crippen MR) is 58.3 cm³/mol. The number of amides is 2. The Labute approximate surface area is 91.2 Å². The minimum absolute atomic E-state index is 0.0744. The van der Waals surface area contributed by atoms with Crippen LogP contribution in [0.4, 0.5) is 4.79 Å². The van der Waals surface area contributed by atoms with E-state index in [4.69, 9.17) is 5.26 Å². The van der Waals surface area contributed by atoms with Crippen LogP contribution in [0.5, 0.6) is 0 Å². The Hall–Kier alpha value is -1.24. The van der Waals surface area contributed by atoms with E-state index in [1.54, 1.807) is 4.90 Å². The summed E-state index contributed by atoms with van der Waals surface area (Å²) in [6.07, 6.45) is 4.95. The summed E-state index contributed by atoms with van der Waals surface area (Å²) in [5.41, 5.74) is 0. The molecule has 0 saturated carbocycles. The standard InChI is InChI=1S/C11H19N3O/c1-2-3-7-13-11(15)14-8-5-4-6-10(14)9-12/h10H,2-8H2,1H3,(H,13,15). The van der Waals surface area contributed by atoms with Crippen molar-refractivity contribution < 1.29 is 4.79 Å². The third kappa shape index (κ3) is 3.43. The van der Waals surface area contributed by atoms with E-state index in [-0.39, 0.29) is 12.1 Å². The largest absolute Gasteiger partial charge is 0.338 e. The van der Waals surface area contributed by atoms with Crippen molar-refractivity contribution in [3.8, 4) is 6.07 Å². The van der Waals surface area contributed by atoms with E-state index in [1.807, 2.05) is 0 Å². The highest BCUT2D eigenvalue weighted by molar-refractivity contribution is 5.75. The van der Waals surface area contributed by atoms with Gasteiger partial charge in [-0.15, -0.1) is 0 Å². The van der Waals surface area contributed by atoms with Crippen molar-refractivity contribution in [2.75, 3.05) is 13.1 Å². The SMILES string of the molecule is CCCCNC(=O)N1CCCCC1C#N. The Balaban J connectivity index is 2.39. The zero-order valence-electron chi connectivity index (χ0n) is 9.33. The molecule has 0 aliphatic carbocycles. The summed E-state index contributed by atoms with van der Waals surface area (Å²) in [4.78, 5) is 13.4. The summed E-state index contributed by atoms with van der Waals surface area (Å²) in [7, 11) is 0. The number of carbonyl (C=O) groups is 1. The predicted octanol–water partition coefficient (Wildman–Crippen LogP) is 1.87. The van der Waals surface area contributed by atoms with Gasteiger partial charge in [-0.05, 0) is 25.7 Å². The average molecular weight is 209 g/mol. The molecule has 1 heterocycles. The highest BCUT2D eigenvalue weighted by atomic mass is 16.2. The molecule has 0 aromatic rings. The van der Waals surface area contributed by atoms with Crippen molar-refractivity contribution in [3.63, 3.8) is 0 Å². The van der Waals surface area contributed by atoms with E-state index in [1.165, 1.54) is 0 Å². The molecule has 1 rings (SSSR count). The van der Waals surface area contributed by atoms with Crippen LogP contribution in [-0.2, 0) is 0 Å². The Bertz CT molecular complexity index is 247. The van der Waals surface area contributed by atoms with Gasteiger partial charge in [0.05, 0.1) is 6.07 Å². The van der Waals surface area contributed by atoms with Gasteiger partial charge >= 0.3 is 6.03 Å². The topological polar surface area (TPSA) is 56.1 Å². The molecular formula is C11H19N3O. The summed E-state index contributed by atoms with van der Waals surface area (Å²) in [5.74, 6) is 0. The lowest BCUT2D eigenvalue weighted by Gasteiger charge is -2.31. The first-order valence-electron chi connectivity index (χ1n) is 5.73. The Morgan fingerprint density at radius 3 is 3.07 bits per heavy atom. The smallest absolute Gasteiger partial charge is 0.318 e. The van der Waals surface area contributed by atoms with Crippen LogP contribution in [0.15, 0.2) is 0 Å². The maximum Gasteiger partial charge on any atom is 0.318 e. The summed E-state index contributed by atoms with van der Waals surface area (Å²) < 4.78 is 0. The molecule has 2 amide bonds. The quantitative estimate of drug-likeness (QED) is 0.721. The number of nitriles is 1. The van der Waals surface area contributed by atoms with Crippen LogP contribution in [0, 0.1) is 11.3 Å². The second-order valence-electron chi connectivity index (χ2n) is 3.92. The van der Waals surface area contributed by atoms with Crippen LogP contribution in [0.3, 0.4) is 0 Å².